The van der Waals surface area contributed by atoms with Gasteiger partial charge < -0.3 is 15.1 Å². The molecule has 0 amide bonds. The van der Waals surface area contributed by atoms with Crippen molar-refractivity contribution in [2.75, 3.05) is 50.5 Å². The maximum Gasteiger partial charge on any atom is 0.224 e. The first-order valence-corrected chi connectivity index (χ1v) is 7.07. The minimum atomic E-state index is 0.721. The summed E-state index contributed by atoms with van der Waals surface area (Å²) in [6, 6.07) is 0. The summed E-state index contributed by atoms with van der Waals surface area (Å²) in [4.78, 5) is 13.6. The van der Waals surface area contributed by atoms with Crippen LogP contribution in [0.5, 0.6) is 0 Å². The van der Waals surface area contributed by atoms with Gasteiger partial charge in [0.05, 0.1) is 0 Å². The summed E-state index contributed by atoms with van der Waals surface area (Å²) < 4.78 is 0. The number of aryl methyl sites for hydroxylation is 1. The van der Waals surface area contributed by atoms with Crippen LogP contribution in [0.3, 0.4) is 0 Å². The molecule has 2 heterocycles. The lowest BCUT2D eigenvalue weighted by atomic mass is 10.1. The third-order valence-electron chi connectivity index (χ3n) is 3.66. The van der Waals surface area contributed by atoms with Gasteiger partial charge in [-0.05, 0) is 39.8 Å². The lowest BCUT2D eigenvalue weighted by Crippen LogP contribution is -2.28. The molecule has 1 aliphatic rings. The lowest BCUT2D eigenvalue weighted by molar-refractivity contribution is 0.395. The molecule has 1 fully saturated rings. The third kappa shape index (κ3) is 3.56. The van der Waals surface area contributed by atoms with Gasteiger partial charge >= 0.3 is 0 Å². The summed E-state index contributed by atoms with van der Waals surface area (Å²) in [6.45, 7) is 8.44. The fourth-order valence-corrected chi connectivity index (χ4v) is 2.71. The summed E-state index contributed by atoms with van der Waals surface area (Å²) in [5, 5.41) is 3.17. The highest BCUT2D eigenvalue weighted by Gasteiger charge is 2.21. The number of hydrogen-bond acceptors (Lipinski definition) is 5. The van der Waals surface area contributed by atoms with Gasteiger partial charge in [0.2, 0.25) is 5.95 Å². The second-order valence-electron chi connectivity index (χ2n) is 5.53. The normalized spacial score (nSPS) is 19.7. The van der Waals surface area contributed by atoms with Gasteiger partial charge in [-0.15, -0.1) is 0 Å². The van der Waals surface area contributed by atoms with Crippen molar-refractivity contribution < 1.29 is 0 Å². The van der Waals surface area contributed by atoms with Crippen molar-refractivity contribution in [3.63, 3.8) is 0 Å². The predicted octanol–water partition coefficient (Wildman–Crippen LogP) is 1.60. The zero-order valence-electron chi connectivity index (χ0n) is 12.5. The van der Waals surface area contributed by atoms with E-state index in [0.717, 1.165) is 36.3 Å². The molecule has 1 unspecified atom stereocenters. The molecule has 1 N–H and O–H groups in total. The van der Waals surface area contributed by atoms with Crippen molar-refractivity contribution in [1.29, 1.82) is 0 Å². The minimum Gasteiger partial charge on any atom is -0.359 e. The Bertz CT molecular complexity index is 420. The lowest BCUT2D eigenvalue weighted by Gasteiger charge is -2.24. The minimum absolute atomic E-state index is 0.721. The molecule has 0 radical (unpaired) electrons. The number of hydrogen-bond donors (Lipinski definition) is 1. The highest BCUT2D eigenvalue weighted by molar-refractivity contribution is 5.48. The first-order valence-electron chi connectivity index (χ1n) is 7.07. The molecule has 0 saturated carbocycles. The van der Waals surface area contributed by atoms with Gasteiger partial charge in [0.25, 0.3) is 0 Å². The van der Waals surface area contributed by atoms with Crippen molar-refractivity contribution >= 4 is 11.8 Å². The fourth-order valence-electron chi connectivity index (χ4n) is 2.71. The average molecular weight is 263 g/mol. The van der Waals surface area contributed by atoms with Gasteiger partial charge in [-0.1, -0.05) is 0 Å². The van der Waals surface area contributed by atoms with E-state index in [1.165, 1.54) is 19.5 Å². The first kappa shape index (κ1) is 14.1. The van der Waals surface area contributed by atoms with E-state index in [1.54, 1.807) is 0 Å². The van der Waals surface area contributed by atoms with Crippen LogP contribution in [0.1, 0.15) is 18.9 Å². The van der Waals surface area contributed by atoms with Crippen LogP contribution in [-0.4, -0.2) is 55.1 Å². The number of likely N-dealkylation sites (tertiary alicyclic amines) is 1. The molecule has 1 aliphatic heterocycles. The summed E-state index contributed by atoms with van der Waals surface area (Å²) in [5.41, 5.74) is 1.13. The molecule has 1 aromatic heterocycles. The van der Waals surface area contributed by atoms with Crippen LogP contribution in [0.2, 0.25) is 0 Å². The van der Waals surface area contributed by atoms with Crippen LogP contribution in [-0.2, 0) is 0 Å². The molecular formula is C14H25N5. The summed E-state index contributed by atoms with van der Waals surface area (Å²) in [6.07, 6.45) is 3.18. The maximum atomic E-state index is 4.61. The molecule has 1 atom stereocenters. The Morgan fingerprint density at radius 3 is 2.95 bits per heavy atom. The van der Waals surface area contributed by atoms with Crippen LogP contribution in [0.15, 0.2) is 6.20 Å². The Kier molecular flexibility index (Phi) is 4.58. The Hall–Kier alpha value is -1.36. The van der Waals surface area contributed by atoms with Crippen LogP contribution < -0.4 is 10.2 Å². The van der Waals surface area contributed by atoms with E-state index in [1.807, 2.05) is 6.20 Å². The van der Waals surface area contributed by atoms with E-state index in [9.17, 15) is 0 Å². The molecule has 0 aromatic carbocycles. The summed E-state index contributed by atoms with van der Waals surface area (Å²) >= 11 is 0. The number of nitrogens with zero attached hydrogens (tertiary/aromatic N) is 4. The van der Waals surface area contributed by atoms with E-state index in [0.29, 0.717) is 0 Å². The topological polar surface area (TPSA) is 44.3 Å². The second kappa shape index (κ2) is 6.19. The van der Waals surface area contributed by atoms with Crippen molar-refractivity contribution in [3.05, 3.63) is 11.8 Å². The summed E-state index contributed by atoms with van der Waals surface area (Å²) in [7, 11) is 4.32. The SMILES string of the molecule is CCNc1ncc(C)c(N(C)CC2CCN(C)C2)n1. The van der Waals surface area contributed by atoms with Gasteiger partial charge in [-0.2, -0.15) is 4.98 Å². The third-order valence-corrected chi connectivity index (χ3v) is 3.66. The van der Waals surface area contributed by atoms with Gasteiger partial charge in [0, 0.05) is 38.4 Å². The molecule has 1 saturated heterocycles. The van der Waals surface area contributed by atoms with Gasteiger partial charge in [0.15, 0.2) is 0 Å². The Labute approximate surface area is 116 Å². The zero-order chi connectivity index (χ0) is 13.8. The fraction of sp³-hybridized carbons (Fsp3) is 0.714. The van der Waals surface area contributed by atoms with E-state index in [2.05, 4.69) is 53.0 Å². The van der Waals surface area contributed by atoms with Gasteiger partial charge in [-0.25, -0.2) is 4.98 Å². The summed E-state index contributed by atoms with van der Waals surface area (Å²) in [5.74, 6) is 2.51. The van der Waals surface area contributed by atoms with Gasteiger partial charge in [-0.3, -0.25) is 0 Å². The van der Waals surface area contributed by atoms with E-state index in [4.69, 9.17) is 0 Å². The molecular weight excluding hydrogens is 238 g/mol. The Morgan fingerprint density at radius 2 is 2.32 bits per heavy atom. The molecule has 0 spiro atoms. The van der Waals surface area contributed by atoms with Gasteiger partial charge in [0.1, 0.15) is 5.82 Å². The monoisotopic (exact) mass is 263 g/mol. The molecule has 106 valence electrons. The molecule has 5 nitrogen and oxygen atoms in total. The van der Waals surface area contributed by atoms with Crippen molar-refractivity contribution in [2.24, 2.45) is 5.92 Å². The molecule has 19 heavy (non-hydrogen) atoms. The molecule has 1 aromatic rings. The maximum absolute atomic E-state index is 4.61. The largest absolute Gasteiger partial charge is 0.359 e. The number of rotatable bonds is 5. The number of aromatic nitrogens is 2. The highest BCUT2D eigenvalue weighted by atomic mass is 15.2. The van der Waals surface area contributed by atoms with Crippen LogP contribution >= 0.6 is 0 Å². The predicted molar refractivity (Wildman–Crippen MR) is 79.8 cm³/mol. The molecule has 5 heteroatoms. The molecule has 0 aliphatic carbocycles. The van der Waals surface area contributed by atoms with E-state index >= 15 is 0 Å². The zero-order valence-corrected chi connectivity index (χ0v) is 12.5. The van der Waals surface area contributed by atoms with E-state index < -0.39 is 0 Å². The van der Waals surface area contributed by atoms with Crippen LogP contribution in [0.25, 0.3) is 0 Å². The highest BCUT2D eigenvalue weighted by Crippen LogP contribution is 2.21. The van der Waals surface area contributed by atoms with Crippen molar-refractivity contribution in [3.8, 4) is 0 Å². The molecule has 2 rings (SSSR count). The van der Waals surface area contributed by atoms with Crippen molar-refractivity contribution in [1.82, 2.24) is 14.9 Å². The Morgan fingerprint density at radius 1 is 1.53 bits per heavy atom. The second-order valence-corrected chi connectivity index (χ2v) is 5.53. The molecule has 0 bridgehead atoms. The first-order chi connectivity index (χ1) is 9.10. The van der Waals surface area contributed by atoms with Crippen molar-refractivity contribution in [2.45, 2.75) is 20.3 Å². The smallest absolute Gasteiger partial charge is 0.224 e. The van der Waals surface area contributed by atoms with Crippen LogP contribution in [0.4, 0.5) is 11.8 Å². The van der Waals surface area contributed by atoms with E-state index in [-0.39, 0.29) is 0 Å². The van der Waals surface area contributed by atoms with Crippen LogP contribution in [0, 0.1) is 12.8 Å². The average Bonchev–Trinajstić information content (AvgIpc) is 2.77. The standard InChI is InChI=1S/C14H25N5/c1-5-15-14-16-8-11(2)13(17-14)19(4)10-12-6-7-18(3)9-12/h8,12H,5-7,9-10H2,1-4H3,(H,15,16,17). The Balaban J connectivity index is 2.04. The number of anilines is 2. The number of nitrogens with one attached hydrogen (secondary N) is 1. The quantitative estimate of drug-likeness (QED) is 0.874.